The van der Waals surface area contributed by atoms with Crippen LogP contribution in [0.1, 0.15) is 17.3 Å². The van der Waals surface area contributed by atoms with E-state index in [1.54, 1.807) is 13.3 Å². The van der Waals surface area contributed by atoms with Gasteiger partial charge >= 0.3 is 0 Å². The number of rotatable bonds is 5. The third-order valence-corrected chi connectivity index (χ3v) is 2.85. The van der Waals surface area contributed by atoms with Crippen molar-refractivity contribution >= 4 is 0 Å². The Labute approximate surface area is 107 Å². The van der Waals surface area contributed by atoms with Gasteiger partial charge in [-0.2, -0.15) is 0 Å². The number of ether oxygens (including phenoxy) is 1. The van der Waals surface area contributed by atoms with E-state index in [1.165, 1.54) is 0 Å². The second kappa shape index (κ2) is 6.14. The molecule has 94 valence electrons. The summed E-state index contributed by atoms with van der Waals surface area (Å²) in [5, 5.41) is 0. The summed E-state index contributed by atoms with van der Waals surface area (Å²) in [7, 11) is 1.66. The minimum Gasteiger partial charge on any atom is -0.496 e. The van der Waals surface area contributed by atoms with Crippen LogP contribution in [0.15, 0.2) is 48.7 Å². The molecule has 4 nitrogen and oxygen atoms in total. The van der Waals surface area contributed by atoms with Crippen molar-refractivity contribution in [3.05, 3.63) is 59.9 Å². The number of hydrogen-bond donors (Lipinski definition) is 2. The lowest BCUT2D eigenvalue weighted by Crippen LogP contribution is -2.30. The van der Waals surface area contributed by atoms with E-state index in [0.717, 1.165) is 23.4 Å². The van der Waals surface area contributed by atoms with Crippen molar-refractivity contribution in [2.24, 2.45) is 5.84 Å². The van der Waals surface area contributed by atoms with Crippen molar-refractivity contribution < 1.29 is 4.74 Å². The van der Waals surface area contributed by atoms with Gasteiger partial charge in [0.25, 0.3) is 0 Å². The zero-order valence-corrected chi connectivity index (χ0v) is 10.3. The molecule has 0 saturated carbocycles. The van der Waals surface area contributed by atoms with E-state index < -0.39 is 0 Å². The Morgan fingerprint density at radius 2 is 2.00 bits per heavy atom. The van der Waals surface area contributed by atoms with Gasteiger partial charge in [0.05, 0.1) is 13.2 Å². The molecule has 1 unspecified atom stereocenters. The number of benzene rings is 1. The topological polar surface area (TPSA) is 60.2 Å². The molecule has 1 heterocycles. The van der Waals surface area contributed by atoms with Crippen molar-refractivity contribution in [2.45, 2.75) is 12.5 Å². The largest absolute Gasteiger partial charge is 0.496 e. The summed E-state index contributed by atoms with van der Waals surface area (Å²) in [4.78, 5) is 4.31. The number of hydrazine groups is 1. The van der Waals surface area contributed by atoms with Crippen LogP contribution >= 0.6 is 0 Å². The molecule has 2 rings (SSSR count). The number of aromatic nitrogens is 1. The molecule has 0 saturated heterocycles. The summed E-state index contributed by atoms with van der Waals surface area (Å²) >= 11 is 0. The van der Waals surface area contributed by atoms with Gasteiger partial charge in [-0.1, -0.05) is 24.3 Å². The zero-order valence-electron chi connectivity index (χ0n) is 10.3. The van der Waals surface area contributed by atoms with E-state index in [-0.39, 0.29) is 6.04 Å². The maximum absolute atomic E-state index is 5.64. The SMILES string of the molecule is COc1ccccc1C(Cc1ccccn1)NN. The molecule has 18 heavy (non-hydrogen) atoms. The number of nitrogens with two attached hydrogens (primary N) is 1. The monoisotopic (exact) mass is 243 g/mol. The van der Waals surface area contributed by atoms with Gasteiger partial charge in [-0.05, 0) is 18.2 Å². The van der Waals surface area contributed by atoms with Crippen LogP contribution in [0.25, 0.3) is 0 Å². The van der Waals surface area contributed by atoms with E-state index in [4.69, 9.17) is 10.6 Å². The second-order valence-electron chi connectivity index (χ2n) is 3.99. The lowest BCUT2D eigenvalue weighted by Gasteiger charge is -2.18. The zero-order chi connectivity index (χ0) is 12.8. The quantitative estimate of drug-likeness (QED) is 0.621. The molecule has 1 atom stereocenters. The van der Waals surface area contributed by atoms with Crippen LogP contribution in [0.3, 0.4) is 0 Å². The molecule has 3 N–H and O–H groups in total. The Morgan fingerprint density at radius 1 is 1.22 bits per heavy atom. The number of pyridine rings is 1. The molecule has 0 aliphatic rings. The molecule has 0 amide bonds. The third-order valence-electron chi connectivity index (χ3n) is 2.85. The molecule has 0 bridgehead atoms. The number of nitrogens with one attached hydrogen (secondary N) is 1. The molecule has 0 aliphatic carbocycles. The van der Waals surface area contributed by atoms with Crippen molar-refractivity contribution in [1.82, 2.24) is 10.4 Å². The summed E-state index contributed by atoms with van der Waals surface area (Å²) < 4.78 is 5.35. The highest BCUT2D eigenvalue weighted by molar-refractivity contribution is 5.36. The maximum Gasteiger partial charge on any atom is 0.123 e. The Morgan fingerprint density at radius 3 is 2.67 bits per heavy atom. The fraction of sp³-hybridized carbons (Fsp3) is 0.214. The molecule has 0 fully saturated rings. The molecule has 4 heteroatoms. The number of methoxy groups -OCH3 is 1. The third kappa shape index (κ3) is 2.85. The van der Waals surface area contributed by atoms with Crippen molar-refractivity contribution in [2.75, 3.05) is 7.11 Å². The summed E-state index contributed by atoms with van der Waals surface area (Å²) in [6.45, 7) is 0. The normalized spacial score (nSPS) is 12.1. The highest BCUT2D eigenvalue weighted by Gasteiger charge is 2.15. The van der Waals surface area contributed by atoms with Gasteiger partial charge in [0.1, 0.15) is 5.75 Å². The van der Waals surface area contributed by atoms with Gasteiger partial charge in [0.15, 0.2) is 0 Å². The molecule has 1 aromatic carbocycles. The lowest BCUT2D eigenvalue weighted by atomic mass is 10.0. The molecule has 0 radical (unpaired) electrons. The van der Waals surface area contributed by atoms with Crippen molar-refractivity contribution in [3.63, 3.8) is 0 Å². The number of para-hydroxylation sites is 1. The van der Waals surface area contributed by atoms with Crippen LogP contribution in [0.5, 0.6) is 5.75 Å². The average Bonchev–Trinajstić information content (AvgIpc) is 2.46. The summed E-state index contributed by atoms with van der Waals surface area (Å²) in [5.41, 5.74) is 4.85. The maximum atomic E-state index is 5.64. The number of hydrogen-bond acceptors (Lipinski definition) is 4. The Bertz CT molecular complexity index is 487. The van der Waals surface area contributed by atoms with Crippen LogP contribution < -0.4 is 16.0 Å². The molecule has 1 aromatic heterocycles. The van der Waals surface area contributed by atoms with Gasteiger partial charge in [0.2, 0.25) is 0 Å². The Hall–Kier alpha value is -1.91. The van der Waals surface area contributed by atoms with E-state index in [2.05, 4.69) is 10.4 Å². The minimum absolute atomic E-state index is 0.0175. The highest BCUT2D eigenvalue weighted by Crippen LogP contribution is 2.26. The fourth-order valence-electron chi connectivity index (χ4n) is 1.94. The first-order valence-electron chi connectivity index (χ1n) is 5.84. The van der Waals surface area contributed by atoms with Gasteiger partial charge in [-0.15, -0.1) is 0 Å². The van der Waals surface area contributed by atoms with Crippen molar-refractivity contribution in [1.29, 1.82) is 0 Å². The molecule has 2 aromatic rings. The van der Waals surface area contributed by atoms with E-state index in [9.17, 15) is 0 Å². The van der Waals surface area contributed by atoms with Crippen LogP contribution in [0, 0.1) is 0 Å². The first kappa shape index (κ1) is 12.5. The average molecular weight is 243 g/mol. The van der Waals surface area contributed by atoms with E-state index >= 15 is 0 Å². The Kier molecular flexibility index (Phi) is 4.28. The van der Waals surface area contributed by atoms with Crippen LogP contribution in [-0.2, 0) is 6.42 Å². The first-order chi connectivity index (χ1) is 8.85. The molecule has 0 spiro atoms. The lowest BCUT2D eigenvalue weighted by molar-refractivity contribution is 0.398. The van der Waals surface area contributed by atoms with Crippen LogP contribution in [-0.4, -0.2) is 12.1 Å². The second-order valence-corrected chi connectivity index (χ2v) is 3.99. The van der Waals surface area contributed by atoms with E-state index in [0.29, 0.717) is 0 Å². The van der Waals surface area contributed by atoms with E-state index in [1.807, 2.05) is 42.5 Å². The standard InChI is InChI=1S/C14H17N3O/c1-18-14-8-3-2-7-12(14)13(17-15)10-11-6-4-5-9-16-11/h2-9,13,17H,10,15H2,1H3. The smallest absolute Gasteiger partial charge is 0.123 e. The summed E-state index contributed by atoms with van der Waals surface area (Å²) in [6.07, 6.45) is 2.50. The fourth-order valence-corrected chi connectivity index (χ4v) is 1.94. The van der Waals surface area contributed by atoms with Gasteiger partial charge < -0.3 is 4.74 Å². The predicted molar refractivity (Wildman–Crippen MR) is 71.0 cm³/mol. The van der Waals surface area contributed by atoms with Crippen molar-refractivity contribution in [3.8, 4) is 5.75 Å². The predicted octanol–water partition coefficient (Wildman–Crippen LogP) is 1.84. The Balaban J connectivity index is 2.23. The number of nitrogens with zero attached hydrogens (tertiary/aromatic N) is 1. The molecular formula is C14H17N3O. The highest BCUT2D eigenvalue weighted by atomic mass is 16.5. The summed E-state index contributed by atoms with van der Waals surface area (Å²) in [5.74, 6) is 6.47. The van der Waals surface area contributed by atoms with Crippen LogP contribution in [0.4, 0.5) is 0 Å². The minimum atomic E-state index is -0.0175. The molecule has 0 aliphatic heterocycles. The van der Waals surface area contributed by atoms with Gasteiger partial charge in [0, 0.05) is 23.9 Å². The first-order valence-corrected chi connectivity index (χ1v) is 5.84. The molecular weight excluding hydrogens is 226 g/mol. The summed E-state index contributed by atoms with van der Waals surface area (Å²) in [6, 6.07) is 13.7. The van der Waals surface area contributed by atoms with Crippen LogP contribution in [0.2, 0.25) is 0 Å². The van der Waals surface area contributed by atoms with Gasteiger partial charge in [-0.3, -0.25) is 16.3 Å². The van der Waals surface area contributed by atoms with Gasteiger partial charge in [-0.25, -0.2) is 0 Å².